The van der Waals surface area contributed by atoms with Gasteiger partial charge in [0.05, 0.1) is 32.7 Å². The van der Waals surface area contributed by atoms with Crippen LogP contribution < -0.4 is 15.2 Å². The standard InChI is InChI=1S/C19H20BrN3O4/c1-25-15-6-4-11(8-16(15)26-2)18-14(9-13(21)19(24)27-3)23-10-12(20)5-7-17(23)22-18/h4-8,10,13H,9,21H2,1-3H3. The lowest BCUT2D eigenvalue weighted by Gasteiger charge is -2.12. The van der Waals surface area contributed by atoms with Gasteiger partial charge in [0, 0.05) is 22.7 Å². The van der Waals surface area contributed by atoms with E-state index in [4.69, 9.17) is 24.9 Å². The number of hydrogen-bond donors (Lipinski definition) is 1. The van der Waals surface area contributed by atoms with Crippen LogP contribution in [0.2, 0.25) is 0 Å². The second-order valence-corrected chi connectivity index (χ2v) is 6.80. The smallest absolute Gasteiger partial charge is 0.323 e. The van der Waals surface area contributed by atoms with Crippen molar-refractivity contribution in [2.24, 2.45) is 5.73 Å². The Kier molecular flexibility index (Phi) is 5.67. The number of nitrogens with zero attached hydrogens (tertiary/aromatic N) is 2. The van der Waals surface area contributed by atoms with E-state index in [1.165, 1.54) is 7.11 Å². The number of ether oxygens (including phenoxy) is 3. The van der Waals surface area contributed by atoms with Crippen LogP contribution >= 0.6 is 15.9 Å². The van der Waals surface area contributed by atoms with Crippen molar-refractivity contribution in [2.45, 2.75) is 12.5 Å². The molecule has 1 atom stereocenters. The first-order valence-corrected chi connectivity index (χ1v) is 9.00. The van der Waals surface area contributed by atoms with E-state index in [1.807, 2.05) is 40.9 Å². The number of carbonyl (C=O) groups excluding carboxylic acids is 1. The Balaban J connectivity index is 2.17. The molecule has 0 aliphatic carbocycles. The van der Waals surface area contributed by atoms with Crippen LogP contribution in [0, 0.1) is 0 Å². The summed E-state index contributed by atoms with van der Waals surface area (Å²) in [7, 11) is 4.49. The van der Waals surface area contributed by atoms with Gasteiger partial charge in [0.15, 0.2) is 11.5 Å². The van der Waals surface area contributed by atoms with Crippen molar-refractivity contribution in [3.63, 3.8) is 0 Å². The molecule has 0 bridgehead atoms. The fourth-order valence-electron chi connectivity index (χ4n) is 2.92. The summed E-state index contributed by atoms with van der Waals surface area (Å²) in [6.07, 6.45) is 2.17. The van der Waals surface area contributed by atoms with Gasteiger partial charge < -0.3 is 24.3 Å². The number of hydrogen-bond acceptors (Lipinski definition) is 6. The number of esters is 1. The fourth-order valence-corrected chi connectivity index (χ4v) is 3.26. The Morgan fingerprint density at radius 1 is 1.19 bits per heavy atom. The summed E-state index contributed by atoms with van der Waals surface area (Å²) in [4.78, 5) is 16.6. The third kappa shape index (κ3) is 3.77. The maximum absolute atomic E-state index is 11.9. The van der Waals surface area contributed by atoms with Crippen molar-refractivity contribution < 1.29 is 19.0 Å². The van der Waals surface area contributed by atoms with E-state index in [9.17, 15) is 4.79 Å². The minimum Gasteiger partial charge on any atom is -0.493 e. The first-order chi connectivity index (χ1) is 13.0. The third-order valence-corrected chi connectivity index (χ3v) is 4.72. The van der Waals surface area contributed by atoms with Crippen molar-refractivity contribution in [3.05, 3.63) is 46.7 Å². The van der Waals surface area contributed by atoms with Gasteiger partial charge in [-0.25, -0.2) is 4.98 Å². The second kappa shape index (κ2) is 7.98. The van der Waals surface area contributed by atoms with E-state index in [2.05, 4.69) is 15.9 Å². The molecule has 0 aliphatic heterocycles. The number of pyridine rings is 1. The van der Waals surface area contributed by atoms with E-state index in [0.29, 0.717) is 17.2 Å². The highest BCUT2D eigenvalue weighted by Crippen LogP contribution is 2.34. The number of halogens is 1. The molecular weight excluding hydrogens is 414 g/mol. The number of imidazole rings is 1. The second-order valence-electron chi connectivity index (χ2n) is 5.89. The van der Waals surface area contributed by atoms with Crippen molar-refractivity contribution in [1.82, 2.24) is 9.38 Å². The molecule has 3 rings (SSSR count). The van der Waals surface area contributed by atoms with Gasteiger partial charge in [0.1, 0.15) is 11.7 Å². The molecular formula is C19H20BrN3O4. The van der Waals surface area contributed by atoms with E-state index in [-0.39, 0.29) is 6.42 Å². The molecule has 0 saturated heterocycles. The van der Waals surface area contributed by atoms with Gasteiger partial charge in [0.2, 0.25) is 0 Å². The Morgan fingerprint density at radius 2 is 1.93 bits per heavy atom. The maximum Gasteiger partial charge on any atom is 0.323 e. The van der Waals surface area contributed by atoms with Crippen LogP contribution in [0.1, 0.15) is 5.69 Å². The number of methoxy groups -OCH3 is 3. The first-order valence-electron chi connectivity index (χ1n) is 8.20. The topological polar surface area (TPSA) is 88.1 Å². The van der Waals surface area contributed by atoms with Gasteiger partial charge in [-0.05, 0) is 46.3 Å². The minimum absolute atomic E-state index is 0.272. The van der Waals surface area contributed by atoms with Crippen LogP contribution in [0.25, 0.3) is 16.9 Å². The van der Waals surface area contributed by atoms with E-state index < -0.39 is 12.0 Å². The summed E-state index contributed by atoms with van der Waals surface area (Å²) in [5, 5.41) is 0. The predicted molar refractivity (Wildman–Crippen MR) is 105 cm³/mol. The molecule has 0 fully saturated rings. The minimum atomic E-state index is -0.798. The summed E-state index contributed by atoms with van der Waals surface area (Å²) < 4.78 is 18.3. The lowest BCUT2D eigenvalue weighted by molar-refractivity contribution is -0.142. The third-order valence-electron chi connectivity index (χ3n) is 4.26. The van der Waals surface area contributed by atoms with Crippen molar-refractivity contribution in [3.8, 4) is 22.8 Å². The summed E-state index contributed by atoms with van der Waals surface area (Å²) in [6, 6.07) is 8.56. The molecule has 0 spiro atoms. The molecule has 0 amide bonds. The molecule has 3 aromatic rings. The van der Waals surface area contributed by atoms with E-state index in [1.54, 1.807) is 14.2 Å². The molecule has 1 unspecified atom stereocenters. The number of carbonyl (C=O) groups is 1. The summed E-state index contributed by atoms with van der Waals surface area (Å²) in [5.41, 5.74) is 9.12. The molecule has 142 valence electrons. The van der Waals surface area contributed by atoms with Gasteiger partial charge in [-0.3, -0.25) is 4.79 Å². The average Bonchev–Trinajstić information content (AvgIpc) is 3.04. The predicted octanol–water partition coefficient (Wildman–Crippen LogP) is 2.82. The highest BCUT2D eigenvalue weighted by molar-refractivity contribution is 9.10. The number of fused-ring (bicyclic) bond motifs is 1. The van der Waals surface area contributed by atoms with Gasteiger partial charge in [-0.15, -0.1) is 0 Å². The molecule has 2 aromatic heterocycles. The zero-order valence-corrected chi connectivity index (χ0v) is 16.8. The van der Waals surface area contributed by atoms with Crippen LogP contribution in [-0.4, -0.2) is 42.7 Å². The lowest BCUT2D eigenvalue weighted by atomic mass is 10.0. The zero-order chi connectivity index (χ0) is 19.6. The molecule has 2 heterocycles. The SMILES string of the molecule is COC(=O)C(N)Cc1c(-c2ccc(OC)c(OC)c2)nc2ccc(Br)cn12. The molecule has 27 heavy (non-hydrogen) atoms. The summed E-state index contributed by atoms with van der Waals surface area (Å²) in [6.45, 7) is 0. The zero-order valence-electron chi connectivity index (χ0n) is 15.2. The molecule has 8 heteroatoms. The number of nitrogens with two attached hydrogens (primary N) is 1. The van der Waals surface area contributed by atoms with Crippen LogP contribution in [0.5, 0.6) is 11.5 Å². The molecule has 2 N–H and O–H groups in total. The van der Waals surface area contributed by atoms with E-state index in [0.717, 1.165) is 21.4 Å². The van der Waals surface area contributed by atoms with Crippen LogP contribution in [0.3, 0.4) is 0 Å². The van der Waals surface area contributed by atoms with Gasteiger partial charge >= 0.3 is 5.97 Å². The van der Waals surface area contributed by atoms with Crippen molar-refractivity contribution in [2.75, 3.05) is 21.3 Å². The monoisotopic (exact) mass is 433 g/mol. The van der Waals surface area contributed by atoms with Crippen molar-refractivity contribution in [1.29, 1.82) is 0 Å². The normalized spacial score (nSPS) is 12.0. The van der Waals surface area contributed by atoms with Crippen LogP contribution in [0.4, 0.5) is 0 Å². The summed E-state index contributed by atoms with van der Waals surface area (Å²) >= 11 is 3.47. The highest BCUT2D eigenvalue weighted by atomic mass is 79.9. The number of rotatable bonds is 6. The lowest BCUT2D eigenvalue weighted by Crippen LogP contribution is -2.34. The number of aromatic nitrogens is 2. The molecule has 0 aliphatic rings. The quantitative estimate of drug-likeness (QED) is 0.601. The number of benzene rings is 1. The Morgan fingerprint density at radius 3 is 2.59 bits per heavy atom. The van der Waals surface area contributed by atoms with E-state index >= 15 is 0 Å². The summed E-state index contributed by atoms with van der Waals surface area (Å²) in [5.74, 6) is 0.746. The van der Waals surface area contributed by atoms with Crippen LogP contribution in [0.15, 0.2) is 41.0 Å². The van der Waals surface area contributed by atoms with Gasteiger partial charge in [0.25, 0.3) is 0 Å². The molecule has 0 radical (unpaired) electrons. The van der Waals surface area contributed by atoms with Crippen molar-refractivity contribution >= 4 is 27.5 Å². The molecule has 7 nitrogen and oxygen atoms in total. The Bertz CT molecular complexity index is 986. The fraction of sp³-hybridized carbons (Fsp3) is 0.263. The Hall–Kier alpha value is -2.58. The largest absolute Gasteiger partial charge is 0.493 e. The highest BCUT2D eigenvalue weighted by Gasteiger charge is 2.22. The molecule has 1 aromatic carbocycles. The van der Waals surface area contributed by atoms with Gasteiger partial charge in [-0.2, -0.15) is 0 Å². The van der Waals surface area contributed by atoms with Gasteiger partial charge in [-0.1, -0.05) is 0 Å². The average molecular weight is 434 g/mol. The Labute approximate surface area is 165 Å². The van der Waals surface area contributed by atoms with Crippen LogP contribution in [-0.2, 0) is 16.0 Å². The first kappa shape index (κ1) is 19.2. The molecule has 0 saturated carbocycles. The maximum atomic E-state index is 11.9.